The highest BCUT2D eigenvalue weighted by Crippen LogP contribution is 2.36. The molecule has 0 aliphatic heterocycles. The molecule has 0 radical (unpaired) electrons. The summed E-state index contributed by atoms with van der Waals surface area (Å²) in [5.41, 5.74) is 0.954. The second kappa shape index (κ2) is 13.0. The summed E-state index contributed by atoms with van der Waals surface area (Å²) in [6.07, 6.45) is 5.20. The first kappa shape index (κ1) is 24.7. The van der Waals surface area contributed by atoms with Gasteiger partial charge in [-0.3, -0.25) is 0 Å². The Morgan fingerprint density at radius 3 is 2.52 bits per heavy atom. The van der Waals surface area contributed by atoms with E-state index in [1.54, 1.807) is 7.11 Å². The second-order valence-corrected chi connectivity index (χ2v) is 7.77. The molecule has 0 spiro atoms. The van der Waals surface area contributed by atoms with Gasteiger partial charge < -0.3 is 18.9 Å². The van der Waals surface area contributed by atoms with Gasteiger partial charge in [-0.05, 0) is 30.9 Å². The number of aryl methyl sites for hydroxylation is 1. The molecule has 0 fully saturated rings. The van der Waals surface area contributed by atoms with Crippen molar-refractivity contribution >= 4 is 16.7 Å². The maximum Gasteiger partial charge on any atom is 0.330 e. The van der Waals surface area contributed by atoms with Gasteiger partial charge in [0.05, 0.1) is 13.7 Å². The normalized spacial score (nSPS) is 12.9. The van der Waals surface area contributed by atoms with E-state index >= 15 is 0 Å². The van der Waals surface area contributed by atoms with E-state index in [4.69, 9.17) is 18.9 Å². The summed E-state index contributed by atoms with van der Waals surface area (Å²) in [5.74, 6) is 1.75. The zero-order valence-corrected chi connectivity index (χ0v) is 19.3. The van der Waals surface area contributed by atoms with Crippen LogP contribution in [0.25, 0.3) is 10.8 Å². The third-order valence-corrected chi connectivity index (χ3v) is 5.47. The number of ether oxygens (including phenoxy) is 4. The van der Waals surface area contributed by atoms with Crippen LogP contribution in [0, 0.1) is 12.8 Å². The zero-order valence-electron chi connectivity index (χ0n) is 19.3. The monoisotopic (exact) mass is 428 g/mol. The minimum atomic E-state index is -0.517. The SMILES string of the molecule is C=CC(=O)OC(COCCC(CC)CCC)COc1c(C)cc(OC)c2ccccc12. The summed E-state index contributed by atoms with van der Waals surface area (Å²) in [7, 11) is 1.66. The van der Waals surface area contributed by atoms with Gasteiger partial charge >= 0.3 is 5.97 Å². The number of benzene rings is 2. The molecule has 170 valence electrons. The summed E-state index contributed by atoms with van der Waals surface area (Å²) >= 11 is 0. The first-order valence-corrected chi connectivity index (χ1v) is 11.1. The smallest absolute Gasteiger partial charge is 0.330 e. The number of esters is 1. The topological polar surface area (TPSA) is 54.0 Å². The first-order chi connectivity index (χ1) is 15.0. The van der Waals surface area contributed by atoms with E-state index < -0.39 is 12.1 Å². The predicted octanol–water partition coefficient (Wildman–Crippen LogP) is 5.87. The Bertz CT molecular complexity index is 845. The molecule has 0 aromatic heterocycles. The third kappa shape index (κ3) is 7.28. The number of hydrogen-bond acceptors (Lipinski definition) is 5. The highest BCUT2D eigenvalue weighted by Gasteiger charge is 2.18. The average Bonchev–Trinajstić information content (AvgIpc) is 2.79. The molecule has 5 heteroatoms. The Morgan fingerprint density at radius 2 is 1.87 bits per heavy atom. The Labute approximate surface area is 186 Å². The first-order valence-electron chi connectivity index (χ1n) is 11.1. The zero-order chi connectivity index (χ0) is 22.6. The molecule has 0 saturated carbocycles. The molecule has 0 aliphatic carbocycles. The summed E-state index contributed by atoms with van der Waals surface area (Å²) in [5, 5.41) is 1.93. The van der Waals surface area contributed by atoms with E-state index in [1.807, 2.05) is 37.3 Å². The second-order valence-electron chi connectivity index (χ2n) is 7.77. The Balaban J connectivity index is 2.06. The Kier molecular flexibility index (Phi) is 10.4. The van der Waals surface area contributed by atoms with Crippen LogP contribution in [-0.2, 0) is 14.3 Å². The number of fused-ring (bicyclic) bond motifs is 1. The fourth-order valence-corrected chi connectivity index (χ4v) is 3.74. The van der Waals surface area contributed by atoms with Crippen LogP contribution < -0.4 is 9.47 Å². The van der Waals surface area contributed by atoms with Crippen molar-refractivity contribution in [1.29, 1.82) is 0 Å². The van der Waals surface area contributed by atoms with Crippen molar-refractivity contribution in [2.45, 2.75) is 52.6 Å². The molecule has 2 unspecified atom stereocenters. The van der Waals surface area contributed by atoms with Crippen LogP contribution in [0.5, 0.6) is 11.5 Å². The van der Waals surface area contributed by atoms with Crippen molar-refractivity contribution in [2.24, 2.45) is 5.92 Å². The predicted molar refractivity (Wildman–Crippen MR) is 125 cm³/mol. The lowest BCUT2D eigenvalue weighted by Gasteiger charge is -2.21. The van der Waals surface area contributed by atoms with Crippen molar-refractivity contribution in [2.75, 3.05) is 26.9 Å². The number of hydrogen-bond donors (Lipinski definition) is 0. The summed E-state index contributed by atoms with van der Waals surface area (Å²) in [6.45, 7) is 11.0. The fraction of sp³-hybridized carbons (Fsp3) is 0.500. The molecule has 0 aliphatic rings. The standard InChI is InChI=1S/C26H36O5/c1-6-11-20(7-2)14-15-29-17-21(31-25(27)8-3)18-30-26-19(4)16-24(28-5)22-12-9-10-13-23(22)26/h8-10,12-13,16,20-21H,3,6-7,11,14-15,17-18H2,1-2,4-5H3. The lowest BCUT2D eigenvalue weighted by Crippen LogP contribution is -2.30. The van der Waals surface area contributed by atoms with Gasteiger partial charge in [-0.15, -0.1) is 0 Å². The van der Waals surface area contributed by atoms with Gasteiger partial charge in [0.15, 0.2) is 6.10 Å². The van der Waals surface area contributed by atoms with Crippen molar-refractivity contribution in [1.82, 2.24) is 0 Å². The number of rotatable bonds is 14. The summed E-state index contributed by atoms with van der Waals surface area (Å²) in [6, 6.07) is 9.89. The molecule has 2 rings (SSSR count). The van der Waals surface area contributed by atoms with Gasteiger partial charge in [-0.2, -0.15) is 0 Å². The van der Waals surface area contributed by atoms with Crippen molar-refractivity contribution in [3.05, 3.63) is 48.6 Å². The van der Waals surface area contributed by atoms with Crippen LogP contribution in [0.2, 0.25) is 0 Å². The maximum absolute atomic E-state index is 11.8. The highest BCUT2D eigenvalue weighted by molar-refractivity contribution is 5.94. The van der Waals surface area contributed by atoms with Gasteiger partial charge in [0.2, 0.25) is 0 Å². The number of carbonyl (C=O) groups is 1. The van der Waals surface area contributed by atoms with E-state index in [0.717, 1.165) is 46.8 Å². The Morgan fingerprint density at radius 1 is 1.13 bits per heavy atom. The highest BCUT2D eigenvalue weighted by atomic mass is 16.6. The van der Waals surface area contributed by atoms with E-state index in [-0.39, 0.29) is 13.2 Å². The molecule has 0 N–H and O–H groups in total. The molecule has 2 aromatic rings. The molecular formula is C26H36O5. The number of methoxy groups -OCH3 is 1. The minimum absolute atomic E-state index is 0.197. The quantitative estimate of drug-likeness (QED) is 0.214. The summed E-state index contributed by atoms with van der Waals surface area (Å²) < 4.78 is 23.0. The maximum atomic E-state index is 11.8. The van der Waals surface area contributed by atoms with E-state index in [1.165, 1.54) is 12.8 Å². The Hall–Kier alpha value is -2.53. The van der Waals surface area contributed by atoms with E-state index in [0.29, 0.717) is 12.5 Å². The molecule has 0 bridgehead atoms. The van der Waals surface area contributed by atoms with Crippen LogP contribution in [0.1, 0.15) is 45.1 Å². The minimum Gasteiger partial charge on any atom is -0.496 e. The third-order valence-electron chi connectivity index (χ3n) is 5.47. The van der Waals surface area contributed by atoms with Gasteiger partial charge in [0.1, 0.15) is 18.1 Å². The van der Waals surface area contributed by atoms with Gasteiger partial charge in [-0.25, -0.2) is 4.79 Å². The van der Waals surface area contributed by atoms with Crippen LogP contribution in [-0.4, -0.2) is 39.0 Å². The van der Waals surface area contributed by atoms with Gasteiger partial charge in [0.25, 0.3) is 0 Å². The lowest BCUT2D eigenvalue weighted by molar-refractivity contribution is -0.148. The lowest BCUT2D eigenvalue weighted by atomic mass is 9.98. The van der Waals surface area contributed by atoms with Crippen molar-refractivity contribution < 1.29 is 23.7 Å². The molecule has 2 atom stereocenters. The van der Waals surface area contributed by atoms with Crippen LogP contribution >= 0.6 is 0 Å². The van der Waals surface area contributed by atoms with E-state index in [2.05, 4.69) is 20.4 Å². The largest absolute Gasteiger partial charge is 0.496 e. The molecular weight excluding hydrogens is 392 g/mol. The van der Waals surface area contributed by atoms with Gasteiger partial charge in [-0.1, -0.05) is 64.0 Å². The molecule has 0 saturated heterocycles. The average molecular weight is 429 g/mol. The molecule has 31 heavy (non-hydrogen) atoms. The molecule has 0 amide bonds. The van der Waals surface area contributed by atoms with Crippen LogP contribution in [0.15, 0.2) is 43.0 Å². The van der Waals surface area contributed by atoms with Crippen molar-refractivity contribution in [3.63, 3.8) is 0 Å². The molecule has 0 heterocycles. The number of carbonyl (C=O) groups excluding carboxylic acids is 1. The van der Waals surface area contributed by atoms with Crippen LogP contribution in [0.3, 0.4) is 0 Å². The van der Waals surface area contributed by atoms with E-state index in [9.17, 15) is 4.79 Å². The van der Waals surface area contributed by atoms with Crippen LogP contribution in [0.4, 0.5) is 0 Å². The molecule has 2 aromatic carbocycles. The van der Waals surface area contributed by atoms with Gasteiger partial charge in [0, 0.05) is 23.5 Å². The summed E-state index contributed by atoms with van der Waals surface area (Å²) in [4.78, 5) is 11.8. The van der Waals surface area contributed by atoms with Crippen molar-refractivity contribution in [3.8, 4) is 11.5 Å². The fourth-order valence-electron chi connectivity index (χ4n) is 3.74. The molecule has 5 nitrogen and oxygen atoms in total.